The van der Waals surface area contributed by atoms with Crippen LogP contribution in [-0.4, -0.2) is 74.5 Å². The third kappa shape index (κ3) is 8.07. The van der Waals surface area contributed by atoms with Gasteiger partial charge in [0, 0.05) is 68.1 Å². The number of para-hydroxylation sites is 1. The number of amides is 2. The molecule has 0 atom stereocenters. The molecule has 5 rings (SSSR count). The molecule has 46 heavy (non-hydrogen) atoms. The van der Waals surface area contributed by atoms with Gasteiger partial charge in [-0.05, 0) is 59.9 Å². The number of nitrogens with one attached hydrogen (secondary N) is 1. The highest BCUT2D eigenvalue weighted by Crippen LogP contribution is 2.24. The van der Waals surface area contributed by atoms with Crippen LogP contribution in [0.4, 0.5) is 5.69 Å². The Morgan fingerprint density at radius 2 is 1.37 bits per heavy atom. The van der Waals surface area contributed by atoms with Crippen molar-refractivity contribution < 1.29 is 19.1 Å². The lowest BCUT2D eigenvalue weighted by atomic mass is 10.1. The van der Waals surface area contributed by atoms with Crippen molar-refractivity contribution in [2.75, 3.05) is 52.8 Å². The molecule has 238 valence electrons. The van der Waals surface area contributed by atoms with E-state index in [0.717, 1.165) is 33.3 Å². The fourth-order valence-electron chi connectivity index (χ4n) is 5.54. The van der Waals surface area contributed by atoms with Crippen LogP contribution in [0, 0.1) is 0 Å². The van der Waals surface area contributed by atoms with Crippen molar-refractivity contribution in [3.05, 3.63) is 126 Å². The maximum absolute atomic E-state index is 14.2. The van der Waals surface area contributed by atoms with Gasteiger partial charge in [-0.3, -0.25) is 9.59 Å². The number of ether oxygens (including phenoxy) is 2. The molecule has 0 fully saturated rings. The van der Waals surface area contributed by atoms with E-state index < -0.39 is 0 Å². The summed E-state index contributed by atoms with van der Waals surface area (Å²) in [4.78, 5) is 37.2. The van der Waals surface area contributed by atoms with Crippen LogP contribution in [0.2, 0.25) is 0 Å². The second-order valence-electron chi connectivity index (χ2n) is 11.5. The monoisotopic (exact) mass is 618 g/mol. The van der Waals surface area contributed by atoms with Crippen molar-refractivity contribution >= 4 is 28.4 Å². The number of aromatic nitrogens is 1. The standard InChI is InChI=1S/C38H42N4O4/c1-40(2)32-16-14-29(15-17-32)26-41(21-19-30-25-39-36-13-9-8-12-35(30)36)37(43)27-42(20-18-28-10-6-5-7-11-28)38(44)31-22-33(45-3)24-34(23-31)46-4/h5-17,22-25,39H,18-21,26-27H2,1-4H3. The van der Waals surface area contributed by atoms with Gasteiger partial charge < -0.3 is 29.2 Å². The summed E-state index contributed by atoms with van der Waals surface area (Å²) in [6, 6.07) is 31.5. The fourth-order valence-corrected chi connectivity index (χ4v) is 5.54. The van der Waals surface area contributed by atoms with Crippen molar-refractivity contribution in [3.8, 4) is 11.5 Å². The summed E-state index contributed by atoms with van der Waals surface area (Å²) in [5.74, 6) is 0.651. The Bertz CT molecular complexity index is 1730. The van der Waals surface area contributed by atoms with E-state index in [1.807, 2.05) is 72.6 Å². The summed E-state index contributed by atoms with van der Waals surface area (Å²) >= 11 is 0. The molecular weight excluding hydrogens is 576 g/mol. The number of carbonyl (C=O) groups is 2. The summed E-state index contributed by atoms with van der Waals surface area (Å²) < 4.78 is 10.9. The van der Waals surface area contributed by atoms with Crippen LogP contribution in [0.1, 0.15) is 27.0 Å². The highest BCUT2D eigenvalue weighted by Gasteiger charge is 2.24. The normalized spacial score (nSPS) is 10.9. The predicted molar refractivity (Wildman–Crippen MR) is 184 cm³/mol. The Morgan fingerprint density at radius 1 is 0.717 bits per heavy atom. The second kappa shape index (κ2) is 15.2. The van der Waals surface area contributed by atoms with Gasteiger partial charge in [0.1, 0.15) is 18.0 Å². The molecule has 8 heteroatoms. The van der Waals surface area contributed by atoms with Gasteiger partial charge >= 0.3 is 0 Å². The number of anilines is 1. The average molecular weight is 619 g/mol. The van der Waals surface area contributed by atoms with E-state index in [9.17, 15) is 9.59 Å². The molecule has 0 spiro atoms. The number of aromatic amines is 1. The smallest absolute Gasteiger partial charge is 0.254 e. The molecule has 1 heterocycles. The minimum atomic E-state index is -0.256. The van der Waals surface area contributed by atoms with Crippen molar-refractivity contribution in [1.29, 1.82) is 0 Å². The molecule has 0 saturated carbocycles. The van der Waals surface area contributed by atoms with E-state index >= 15 is 0 Å². The molecule has 2 amide bonds. The van der Waals surface area contributed by atoms with Crippen LogP contribution >= 0.6 is 0 Å². The zero-order valence-corrected chi connectivity index (χ0v) is 27.0. The Morgan fingerprint density at radius 3 is 2.04 bits per heavy atom. The van der Waals surface area contributed by atoms with E-state index in [1.54, 1.807) is 37.3 Å². The van der Waals surface area contributed by atoms with Gasteiger partial charge in [-0.25, -0.2) is 0 Å². The van der Waals surface area contributed by atoms with E-state index in [0.29, 0.717) is 49.5 Å². The second-order valence-corrected chi connectivity index (χ2v) is 11.5. The number of carbonyl (C=O) groups excluding carboxylic acids is 2. The van der Waals surface area contributed by atoms with Gasteiger partial charge in [0.2, 0.25) is 5.91 Å². The maximum atomic E-state index is 14.2. The number of hydrogen-bond donors (Lipinski definition) is 1. The molecule has 1 N–H and O–H groups in total. The molecule has 0 aliphatic carbocycles. The third-order valence-electron chi connectivity index (χ3n) is 8.23. The minimum Gasteiger partial charge on any atom is -0.497 e. The topological polar surface area (TPSA) is 78.1 Å². The molecule has 0 saturated heterocycles. The van der Waals surface area contributed by atoms with Gasteiger partial charge in [-0.2, -0.15) is 0 Å². The molecule has 0 bridgehead atoms. The number of benzene rings is 4. The van der Waals surface area contributed by atoms with Crippen LogP contribution < -0.4 is 14.4 Å². The average Bonchev–Trinajstić information content (AvgIpc) is 3.51. The van der Waals surface area contributed by atoms with Crippen molar-refractivity contribution in [2.24, 2.45) is 0 Å². The number of fused-ring (bicyclic) bond motifs is 1. The Labute approximate surface area is 271 Å². The summed E-state index contributed by atoms with van der Waals surface area (Å²) in [6.07, 6.45) is 3.31. The molecule has 0 unspecified atom stereocenters. The van der Waals surface area contributed by atoms with Gasteiger partial charge in [0.05, 0.1) is 14.2 Å². The Kier molecular flexibility index (Phi) is 10.6. The number of rotatable bonds is 14. The quantitative estimate of drug-likeness (QED) is 0.160. The molecule has 0 aliphatic heterocycles. The zero-order valence-electron chi connectivity index (χ0n) is 27.0. The van der Waals surface area contributed by atoms with Crippen molar-refractivity contribution in [1.82, 2.24) is 14.8 Å². The van der Waals surface area contributed by atoms with E-state index in [4.69, 9.17) is 9.47 Å². The molecule has 0 radical (unpaired) electrons. The minimum absolute atomic E-state index is 0.0607. The van der Waals surface area contributed by atoms with E-state index in [-0.39, 0.29) is 18.4 Å². The SMILES string of the molecule is COc1cc(OC)cc(C(=O)N(CCc2ccccc2)CC(=O)N(CCc2c[nH]c3ccccc23)Cc2ccc(N(C)C)cc2)c1. The molecular formula is C38H42N4O4. The number of methoxy groups -OCH3 is 2. The van der Waals surface area contributed by atoms with Gasteiger partial charge in [-0.15, -0.1) is 0 Å². The van der Waals surface area contributed by atoms with Crippen molar-refractivity contribution in [3.63, 3.8) is 0 Å². The summed E-state index contributed by atoms with van der Waals surface area (Å²) in [5, 5.41) is 1.15. The first-order chi connectivity index (χ1) is 22.3. The summed E-state index contributed by atoms with van der Waals surface area (Å²) in [5.41, 5.74) is 5.83. The van der Waals surface area contributed by atoms with Gasteiger partial charge in [0.15, 0.2) is 0 Å². The first-order valence-corrected chi connectivity index (χ1v) is 15.5. The van der Waals surface area contributed by atoms with Crippen molar-refractivity contribution in [2.45, 2.75) is 19.4 Å². The first kappa shape index (κ1) is 32.2. The lowest BCUT2D eigenvalue weighted by Crippen LogP contribution is -2.44. The van der Waals surface area contributed by atoms with E-state index in [1.165, 1.54) is 0 Å². The van der Waals surface area contributed by atoms with Crippen LogP contribution in [0.5, 0.6) is 11.5 Å². The summed E-state index contributed by atoms with van der Waals surface area (Å²) in [6.45, 7) is 1.25. The van der Waals surface area contributed by atoms with Crippen LogP contribution in [0.15, 0.2) is 103 Å². The van der Waals surface area contributed by atoms with Gasteiger partial charge in [-0.1, -0.05) is 60.7 Å². The lowest BCUT2D eigenvalue weighted by molar-refractivity contribution is -0.132. The summed E-state index contributed by atoms with van der Waals surface area (Å²) in [7, 11) is 7.11. The predicted octanol–water partition coefficient (Wildman–Crippen LogP) is 6.21. The molecule has 5 aromatic rings. The molecule has 1 aromatic heterocycles. The van der Waals surface area contributed by atoms with Crippen LogP contribution in [-0.2, 0) is 24.2 Å². The zero-order chi connectivity index (χ0) is 32.5. The molecule has 4 aromatic carbocycles. The highest BCUT2D eigenvalue weighted by atomic mass is 16.5. The Balaban J connectivity index is 1.41. The first-order valence-electron chi connectivity index (χ1n) is 15.5. The molecule has 0 aliphatic rings. The third-order valence-corrected chi connectivity index (χ3v) is 8.23. The lowest BCUT2D eigenvalue weighted by Gasteiger charge is -2.28. The number of hydrogen-bond acceptors (Lipinski definition) is 5. The number of nitrogens with zero attached hydrogens (tertiary/aromatic N) is 3. The fraction of sp³-hybridized carbons (Fsp3) is 0.263. The van der Waals surface area contributed by atoms with Crippen LogP contribution in [0.3, 0.4) is 0 Å². The van der Waals surface area contributed by atoms with E-state index in [2.05, 4.69) is 41.4 Å². The Hall–Kier alpha value is -5.24. The number of H-pyrrole nitrogens is 1. The van der Waals surface area contributed by atoms with Crippen LogP contribution in [0.25, 0.3) is 10.9 Å². The highest BCUT2D eigenvalue weighted by molar-refractivity contribution is 5.97. The molecule has 8 nitrogen and oxygen atoms in total. The maximum Gasteiger partial charge on any atom is 0.254 e. The van der Waals surface area contributed by atoms with Gasteiger partial charge in [0.25, 0.3) is 5.91 Å². The largest absolute Gasteiger partial charge is 0.497 e.